The van der Waals surface area contributed by atoms with Gasteiger partial charge in [-0.05, 0) is 5.53 Å². The number of halogens is 1. The van der Waals surface area contributed by atoms with Crippen molar-refractivity contribution in [2.45, 2.75) is 0 Å². The van der Waals surface area contributed by atoms with Crippen LogP contribution in [0.4, 0.5) is 17.3 Å². The van der Waals surface area contributed by atoms with Crippen LogP contribution in [0.5, 0.6) is 0 Å². The van der Waals surface area contributed by atoms with Crippen LogP contribution < -0.4 is 11.5 Å². The van der Waals surface area contributed by atoms with Crippen LogP contribution >= 0.6 is 11.6 Å². The van der Waals surface area contributed by atoms with Gasteiger partial charge in [0, 0.05) is 4.91 Å². The van der Waals surface area contributed by atoms with Crippen LogP contribution in [0.25, 0.3) is 10.4 Å². The molecule has 14 heavy (non-hydrogen) atoms. The molecule has 0 N–H and O–H groups in total. The largest absolute Gasteiger partial charge is 0.203 e. The molecule has 0 atom stereocenters. The highest BCUT2D eigenvalue weighted by Gasteiger charge is 2.16. The molecule has 0 aromatic carbocycles. The fraction of sp³-hybridized carbons (Fsp3) is 0. The molecule has 0 saturated heterocycles. The van der Waals surface area contributed by atoms with Crippen molar-refractivity contribution in [1.29, 1.82) is 5.26 Å². The van der Waals surface area contributed by atoms with Gasteiger partial charge in [-0.2, -0.15) is 5.26 Å². The number of azide groups is 1. The van der Waals surface area contributed by atoms with Gasteiger partial charge >= 0.3 is 0 Å². The number of pyridine rings is 1. The van der Waals surface area contributed by atoms with Crippen LogP contribution in [-0.4, -0.2) is 4.98 Å². The molecular weight excluding hydrogens is 206 g/mol. The lowest BCUT2D eigenvalue weighted by molar-refractivity contribution is 1.19. The standard InChI is InChI=1S/C6ClN7/c7-3-4(13-14-11)2(1-8)5(9)12-6(3)10. The Morgan fingerprint density at radius 2 is 2.07 bits per heavy atom. The van der Waals surface area contributed by atoms with E-state index in [1.54, 1.807) is 6.07 Å². The van der Waals surface area contributed by atoms with Gasteiger partial charge in [0.2, 0.25) is 0 Å². The van der Waals surface area contributed by atoms with Crippen molar-refractivity contribution >= 4 is 28.9 Å². The van der Waals surface area contributed by atoms with E-state index in [-0.39, 0.29) is 16.3 Å². The van der Waals surface area contributed by atoms with E-state index < -0.39 is 11.6 Å². The highest BCUT2D eigenvalue weighted by molar-refractivity contribution is 6.35. The SMILES string of the molecule is [N]c1nc([N])c(C#N)c(N=[N+]=[N-])c1Cl. The van der Waals surface area contributed by atoms with Crippen molar-refractivity contribution in [3.63, 3.8) is 0 Å². The van der Waals surface area contributed by atoms with Crippen molar-refractivity contribution in [3.05, 3.63) is 21.0 Å². The van der Waals surface area contributed by atoms with Gasteiger partial charge in [-0.1, -0.05) is 16.7 Å². The van der Waals surface area contributed by atoms with Gasteiger partial charge in [0.05, 0.1) is 10.7 Å². The first-order valence-electron chi connectivity index (χ1n) is 3.18. The quantitative estimate of drug-likeness (QED) is 0.394. The molecule has 66 valence electrons. The predicted molar refractivity (Wildman–Crippen MR) is 46.4 cm³/mol. The van der Waals surface area contributed by atoms with Gasteiger partial charge in [0.25, 0.3) is 0 Å². The Balaban J connectivity index is 3.66. The number of hydrogen-bond acceptors (Lipinski definition) is 3. The highest BCUT2D eigenvalue weighted by Crippen LogP contribution is 2.36. The molecule has 0 amide bonds. The molecule has 7 nitrogen and oxygen atoms in total. The molecule has 0 aliphatic carbocycles. The summed E-state index contributed by atoms with van der Waals surface area (Å²) in [6, 6.07) is 1.54. The van der Waals surface area contributed by atoms with E-state index in [2.05, 4.69) is 15.0 Å². The van der Waals surface area contributed by atoms with Crippen LogP contribution in [0.1, 0.15) is 5.56 Å². The molecule has 0 fully saturated rings. The molecule has 1 rings (SSSR count). The molecule has 0 spiro atoms. The number of hydrogen-bond donors (Lipinski definition) is 0. The van der Waals surface area contributed by atoms with Crippen molar-refractivity contribution in [2.75, 3.05) is 0 Å². The maximum atomic E-state index is 9.09. The lowest BCUT2D eigenvalue weighted by Crippen LogP contribution is -1.89. The van der Waals surface area contributed by atoms with E-state index in [4.69, 9.17) is 33.9 Å². The summed E-state index contributed by atoms with van der Waals surface area (Å²) in [6.45, 7) is 0. The molecule has 0 unspecified atom stereocenters. The lowest BCUT2D eigenvalue weighted by atomic mass is 10.2. The van der Waals surface area contributed by atoms with Crippen LogP contribution in [0, 0.1) is 11.3 Å². The molecule has 1 heterocycles. The summed E-state index contributed by atoms with van der Waals surface area (Å²) >= 11 is 5.49. The molecule has 1 aromatic rings. The predicted octanol–water partition coefficient (Wildman–Crippen LogP) is 1.95. The normalized spacial score (nSPS) is 8.86. The second-order valence-corrected chi connectivity index (χ2v) is 2.48. The summed E-state index contributed by atoms with van der Waals surface area (Å²) in [6.07, 6.45) is 0. The third-order valence-electron chi connectivity index (χ3n) is 1.33. The smallest absolute Gasteiger partial charge is 0.195 e. The average molecular weight is 206 g/mol. The Hall–Kier alpha value is -2.16. The Bertz CT molecular complexity index is 468. The Kier molecular flexibility index (Phi) is 2.62. The number of nitriles is 1. The van der Waals surface area contributed by atoms with Crippen molar-refractivity contribution in [3.8, 4) is 6.07 Å². The monoisotopic (exact) mass is 205 g/mol. The molecule has 0 bridgehead atoms. The molecule has 4 radical (unpaired) electrons. The van der Waals surface area contributed by atoms with Crippen molar-refractivity contribution < 1.29 is 0 Å². The Morgan fingerprint density at radius 3 is 2.57 bits per heavy atom. The van der Waals surface area contributed by atoms with E-state index in [0.29, 0.717) is 0 Å². The fourth-order valence-electron chi connectivity index (χ4n) is 0.768. The third kappa shape index (κ3) is 1.47. The van der Waals surface area contributed by atoms with E-state index in [1.165, 1.54) is 0 Å². The lowest BCUT2D eigenvalue weighted by Gasteiger charge is -2.01. The van der Waals surface area contributed by atoms with E-state index >= 15 is 0 Å². The summed E-state index contributed by atoms with van der Waals surface area (Å²) in [7, 11) is 0. The molecular formula is C6ClN7. The minimum absolute atomic E-state index is 0.346. The summed E-state index contributed by atoms with van der Waals surface area (Å²) in [5, 5.41) is 11.3. The van der Waals surface area contributed by atoms with Crippen LogP contribution in [-0.2, 0) is 0 Å². The molecule has 0 aliphatic rings. The van der Waals surface area contributed by atoms with Gasteiger partial charge < -0.3 is 0 Å². The number of aromatic nitrogens is 1. The highest BCUT2D eigenvalue weighted by atomic mass is 35.5. The van der Waals surface area contributed by atoms with Crippen LogP contribution in [0.2, 0.25) is 5.02 Å². The Labute approximate surface area is 83.5 Å². The average Bonchev–Trinajstić information content (AvgIpc) is 2.14. The molecule has 8 heteroatoms. The van der Waals surface area contributed by atoms with E-state index in [9.17, 15) is 0 Å². The molecule has 1 aromatic heterocycles. The molecule has 0 aliphatic heterocycles. The van der Waals surface area contributed by atoms with Crippen LogP contribution in [0.3, 0.4) is 0 Å². The first kappa shape index (κ1) is 9.92. The van der Waals surface area contributed by atoms with Crippen molar-refractivity contribution in [2.24, 2.45) is 5.11 Å². The maximum absolute atomic E-state index is 9.09. The van der Waals surface area contributed by atoms with Gasteiger partial charge in [-0.25, -0.2) is 4.98 Å². The zero-order valence-electron chi connectivity index (χ0n) is 6.51. The second kappa shape index (κ2) is 3.70. The topological polar surface area (TPSA) is 130 Å². The van der Waals surface area contributed by atoms with Gasteiger partial charge in [-0.3, -0.25) is 0 Å². The first-order valence-corrected chi connectivity index (χ1v) is 3.56. The van der Waals surface area contributed by atoms with Crippen molar-refractivity contribution in [1.82, 2.24) is 16.5 Å². The summed E-state index contributed by atoms with van der Waals surface area (Å²) in [5.74, 6) is -1.44. The maximum Gasteiger partial charge on any atom is 0.195 e. The second-order valence-electron chi connectivity index (χ2n) is 2.10. The van der Waals surface area contributed by atoms with Gasteiger partial charge in [0.15, 0.2) is 11.6 Å². The van der Waals surface area contributed by atoms with E-state index in [1.807, 2.05) is 0 Å². The van der Waals surface area contributed by atoms with E-state index in [0.717, 1.165) is 0 Å². The Morgan fingerprint density at radius 1 is 1.43 bits per heavy atom. The summed E-state index contributed by atoms with van der Waals surface area (Å²) < 4.78 is 0. The minimum atomic E-state index is -0.739. The van der Waals surface area contributed by atoms with Gasteiger partial charge in [0.1, 0.15) is 11.6 Å². The van der Waals surface area contributed by atoms with Gasteiger partial charge in [-0.15, -0.1) is 11.5 Å². The minimum Gasteiger partial charge on any atom is -0.203 e. The first-order chi connectivity index (χ1) is 6.61. The zero-order valence-corrected chi connectivity index (χ0v) is 7.26. The fourth-order valence-corrected chi connectivity index (χ4v) is 0.943. The summed E-state index contributed by atoms with van der Waals surface area (Å²) in [5.41, 5.74) is 25.5. The molecule has 0 saturated carbocycles. The van der Waals surface area contributed by atoms with Crippen LogP contribution in [0.15, 0.2) is 5.11 Å². The zero-order chi connectivity index (χ0) is 10.7. The number of rotatable bonds is 1. The summed E-state index contributed by atoms with van der Waals surface area (Å²) in [4.78, 5) is 5.56. The third-order valence-corrected chi connectivity index (χ3v) is 1.68. The number of nitrogens with zero attached hydrogens (tertiary/aromatic N) is 7.